The van der Waals surface area contributed by atoms with Crippen LogP contribution < -0.4 is 5.32 Å². The van der Waals surface area contributed by atoms with Crippen LogP contribution in [0.15, 0.2) is 72.8 Å². The Kier molecular flexibility index (Phi) is 3.41. The SMILES string of the molecule is N#Cc1cccc(-c2cccc3nc(Nc4ccccc4)nn23)c1. The van der Waals surface area contributed by atoms with Crippen molar-refractivity contribution in [3.63, 3.8) is 0 Å². The van der Waals surface area contributed by atoms with E-state index in [0.717, 1.165) is 22.6 Å². The summed E-state index contributed by atoms with van der Waals surface area (Å²) in [4.78, 5) is 4.51. The van der Waals surface area contributed by atoms with Gasteiger partial charge in [-0.05, 0) is 36.4 Å². The van der Waals surface area contributed by atoms with Crippen molar-refractivity contribution in [3.05, 3.63) is 78.4 Å². The van der Waals surface area contributed by atoms with E-state index < -0.39 is 0 Å². The number of pyridine rings is 1. The largest absolute Gasteiger partial charge is 0.323 e. The fourth-order valence-corrected chi connectivity index (χ4v) is 2.58. The highest BCUT2D eigenvalue weighted by Gasteiger charge is 2.09. The molecule has 0 aliphatic heterocycles. The topological polar surface area (TPSA) is 66.0 Å². The van der Waals surface area contributed by atoms with Crippen LogP contribution >= 0.6 is 0 Å². The smallest absolute Gasteiger partial charge is 0.247 e. The zero-order chi connectivity index (χ0) is 16.4. The average Bonchev–Trinajstić information content (AvgIpc) is 3.05. The molecule has 0 spiro atoms. The summed E-state index contributed by atoms with van der Waals surface area (Å²) < 4.78 is 1.78. The van der Waals surface area contributed by atoms with Crippen LogP contribution in [0.3, 0.4) is 0 Å². The lowest BCUT2D eigenvalue weighted by Gasteiger charge is -2.04. The van der Waals surface area contributed by atoms with Gasteiger partial charge in [-0.1, -0.05) is 36.4 Å². The van der Waals surface area contributed by atoms with Gasteiger partial charge in [-0.15, -0.1) is 5.10 Å². The van der Waals surface area contributed by atoms with E-state index in [-0.39, 0.29) is 0 Å². The van der Waals surface area contributed by atoms with Gasteiger partial charge in [0.1, 0.15) is 0 Å². The summed E-state index contributed by atoms with van der Waals surface area (Å²) in [5.74, 6) is 0.532. The van der Waals surface area contributed by atoms with Crippen LogP contribution in [0.4, 0.5) is 11.6 Å². The quantitative estimate of drug-likeness (QED) is 0.621. The Labute approximate surface area is 138 Å². The first-order valence-electron chi connectivity index (χ1n) is 7.52. The van der Waals surface area contributed by atoms with E-state index in [1.165, 1.54) is 0 Å². The molecule has 0 saturated heterocycles. The molecule has 2 aromatic carbocycles. The molecule has 5 heteroatoms. The number of para-hydroxylation sites is 1. The first-order chi connectivity index (χ1) is 11.8. The van der Waals surface area contributed by atoms with Crippen molar-refractivity contribution in [3.8, 4) is 17.3 Å². The van der Waals surface area contributed by atoms with E-state index in [0.29, 0.717) is 11.5 Å². The molecule has 4 aromatic rings. The first-order valence-corrected chi connectivity index (χ1v) is 7.52. The molecule has 0 aliphatic carbocycles. The van der Waals surface area contributed by atoms with Crippen LogP contribution in [0.5, 0.6) is 0 Å². The normalized spacial score (nSPS) is 10.5. The van der Waals surface area contributed by atoms with Gasteiger partial charge >= 0.3 is 0 Å². The fourth-order valence-electron chi connectivity index (χ4n) is 2.58. The molecule has 0 unspecified atom stereocenters. The summed E-state index contributed by atoms with van der Waals surface area (Å²) in [6, 6.07) is 25.2. The molecule has 24 heavy (non-hydrogen) atoms. The van der Waals surface area contributed by atoms with E-state index >= 15 is 0 Å². The number of aromatic nitrogens is 3. The Morgan fingerprint density at radius 2 is 1.75 bits per heavy atom. The van der Waals surface area contributed by atoms with E-state index in [2.05, 4.69) is 21.5 Å². The minimum absolute atomic E-state index is 0.532. The van der Waals surface area contributed by atoms with Gasteiger partial charge in [0.05, 0.1) is 17.3 Å². The summed E-state index contributed by atoms with van der Waals surface area (Å²) in [6.45, 7) is 0. The summed E-state index contributed by atoms with van der Waals surface area (Å²) in [7, 11) is 0. The highest BCUT2D eigenvalue weighted by molar-refractivity contribution is 5.66. The van der Waals surface area contributed by atoms with Gasteiger partial charge < -0.3 is 5.32 Å². The van der Waals surface area contributed by atoms with E-state index in [1.807, 2.05) is 66.7 Å². The monoisotopic (exact) mass is 311 g/mol. The number of nitriles is 1. The lowest BCUT2D eigenvalue weighted by molar-refractivity contribution is 0.973. The fraction of sp³-hybridized carbons (Fsp3) is 0. The van der Waals surface area contributed by atoms with Crippen LogP contribution in [-0.4, -0.2) is 14.6 Å². The third-order valence-corrected chi connectivity index (χ3v) is 3.68. The molecule has 0 fully saturated rings. The highest BCUT2D eigenvalue weighted by Crippen LogP contribution is 2.22. The molecule has 0 aliphatic rings. The van der Waals surface area contributed by atoms with Crippen molar-refractivity contribution in [2.45, 2.75) is 0 Å². The van der Waals surface area contributed by atoms with Gasteiger partial charge in [-0.2, -0.15) is 10.2 Å². The van der Waals surface area contributed by atoms with Crippen LogP contribution in [-0.2, 0) is 0 Å². The number of nitrogens with zero attached hydrogens (tertiary/aromatic N) is 4. The first kappa shape index (κ1) is 14.0. The number of anilines is 2. The number of benzene rings is 2. The molecule has 1 N–H and O–H groups in total. The molecular weight excluding hydrogens is 298 g/mol. The summed E-state index contributed by atoms with van der Waals surface area (Å²) in [5, 5.41) is 16.8. The molecule has 2 heterocycles. The predicted octanol–water partition coefficient (Wildman–Crippen LogP) is 4.01. The molecule has 0 bridgehead atoms. The third-order valence-electron chi connectivity index (χ3n) is 3.68. The van der Waals surface area contributed by atoms with Crippen molar-refractivity contribution in [1.82, 2.24) is 14.6 Å². The van der Waals surface area contributed by atoms with Crippen molar-refractivity contribution >= 4 is 17.3 Å². The molecule has 114 valence electrons. The zero-order valence-corrected chi connectivity index (χ0v) is 12.7. The number of rotatable bonds is 3. The molecule has 0 atom stereocenters. The molecule has 2 aromatic heterocycles. The van der Waals surface area contributed by atoms with Crippen molar-refractivity contribution < 1.29 is 0 Å². The average molecular weight is 311 g/mol. The predicted molar refractivity (Wildman–Crippen MR) is 92.9 cm³/mol. The zero-order valence-electron chi connectivity index (χ0n) is 12.7. The van der Waals surface area contributed by atoms with E-state index in [9.17, 15) is 0 Å². The summed E-state index contributed by atoms with van der Waals surface area (Å²) in [6.07, 6.45) is 0. The lowest BCUT2D eigenvalue weighted by atomic mass is 10.1. The molecular formula is C19H13N5. The van der Waals surface area contributed by atoms with Crippen molar-refractivity contribution in [2.24, 2.45) is 0 Å². The Morgan fingerprint density at radius 3 is 2.58 bits per heavy atom. The number of hydrogen-bond donors (Lipinski definition) is 1. The number of nitrogens with one attached hydrogen (secondary N) is 1. The van der Waals surface area contributed by atoms with Gasteiger partial charge in [0.25, 0.3) is 0 Å². The maximum absolute atomic E-state index is 9.10. The van der Waals surface area contributed by atoms with E-state index in [4.69, 9.17) is 5.26 Å². The van der Waals surface area contributed by atoms with Crippen LogP contribution in [0.2, 0.25) is 0 Å². The molecule has 5 nitrogen and oxygen atoms in total. The standard InChI is InChI=1S/C19H13N5/c20-13-14-6-4-7-15(12-14)17-10-5-11-18-22-19(23-24(17)18)21-16-8-2-1-3-9-16/h1-12H,(H,21,23). The van der Waals surface area contributed by atoms with Crippen molar-refractivity contribution in [1.29, 1.82) is 5.26 Å². The van der Waals surface area contributed by atoms with Gasteiger partial charge in [0.15, 0.2) is 5.65 Å². The minimum atomic E-state index is 0.532. The Bertz CT molecular complexity index is 1040. The summed E-state index contributed by atoms with van der Waals surface area (Å²) >= 11 is 0. The maximum atomic E-state index is 9.10. The summed E-state index contributed by atoms with van der Waals surface area (Å²) in [5.41, 5.74) is 4.11. The van der Waals surface area contributed by atoms with Gasteiger partial charge in [-0.25, -0.2) is 4.52 Å². The molecule has 0 radical (unpaired) electrons. The second kappa shape index (κ2) is 5.86. The number of hydrogen-bond acceptors (Lipinski definition) is 4. The maximum Gasteiger partial charge on any atom is 0.247 e. The van der Waals surface area contributed by atoms with Crippen molar-refractivity contribution in [2.75, 3.05) is 5.32 Å². The second-order valence-corrected chi connectivity index (χ2v) is 5.30. The Hall–Kier alpha value is -3.65. The van der Waals surface area contributed by atoms with E-state index in [1.54, 1.807) is 10.6 Å². The van der Waals surface area contributed by atoms with Crippen LogP contribution in [0.25, 0.3) is 16.9 Å². The number of fused-ring (bicyclic) bond motifs is 1. The highest BCUT2D eigenvalue weighted by atomic mass is 15.4. The van der Waals surface area contributed by atoms with Crippen LogP contribution in [0.1, 0.15) is 5.56 Å². The molecule has 0 amide bonds. The van der Waals surface area contributed by atoms with Gasteiger partial charge in [-0.3, -0.25) is 0 Å². The molecule has 0 saturated carbocycles. The van der Waals surface area contributed by atoms with Gasteiger partial charge in [0, 0.05) is 11.3 Å². The third kappa shape index (κ3) is 2.57. The van der Waals surface area contributed by atoms with Gasteiger partial charge in [0.2, 0.25) is 5.95 Å². The molecule has 4 rings (SSSR count). The Balaban J connectivity index is 1.79. The second-order valence-electron chi connectivity index (χ2n) is 5.30. The Morgan fingerprint density at radius 1 is 0.917 bits per heavy atom. The van der Waals surface area contributed by atoms with Crippen LogP contribution in [0, 0.1) is 11.3 Å². The lowest BCUT2D eigenvalue weighted by Crippen LogP contribution is -1.95. The minimum Gasteiger partial charge on any atom is -0.323 e.